The number of carbonyl (C=O) groups excluding carboxylic acids is 2. The van der Waals surface area contributed by atoms with Crippen LogP contribution < -0.4 is 11.1 Å². The Morgan fingerprint density at radius 3 is 2.59 bits per heavy atom. The number of cyclic esters (lactones) is 1. The zero-order valence-corrected chi connectivity index (χ0v) is 12.7. The second-order valence-corrected chi connectivity index (χ2v) is 6.42. The Kier molecular flexibility index (Phi) is 4.20. The number of esters is 1. The van der Waals surface area contributed by atoms with Crippen molar-refractivity contribution in [1.82, 2.24) is 5.32 Å². The summed E-state index contributed by atoms with van der Waals surface area (Å²) in [5, 5.41) is 32.8. The van der Waals surface area contributed by atoms with Gasteiger partial charge in [-0.2, -0.15) is 0 Å². The molecule has 1 fully saturated rings. The van der Waals surface area contributed by atoms with Crippen molar-refractivity contribution in [1.29, 1.82) is 0 Å². The van der Waals surface area contributed by atoms with E-state index >= 15 is 0 Å². The monoisotopic (exact) mass is 314 g/mol. The van der Waals surface area contributed by atoms with Crippen LogP contribution >= 0.6 is 0 Å². The first-order valence-corrected chi connectivity index (χ1v) is 7.13. The summed E-state index contributed by atoms with van der Waals surface area (Å²) in [7, 11) is 0. The number of rotatable bonds is 2. The molecule has 6 N–H and O–H groups in total. The molecule has 124 valence electrons. The Labute approximate surface area is 127 Å². The van der Waals surface area contributed by atoms with Gasteiger partial charge in [0.25, 0.3) is 0 Å². The maximum absolute atomic E-state index is 12.1. The fourth-order valence-corrected chi connectivity index (χ4v) is 2.99. The van der Waals surface area contributed by atoms with Crippen LogP contribution in [-0.2, 0) is 14.3 Å². The number of amides is 1. The van der Waals surface area contributed by atoms with Gasteiger partial charge in [-0.1, -0.05) is 0 Å². The number of hydrogen-bond donors (Lipinski definition) is 5. The molecule has 1 amide bonds. The van der Waals surface area contributed by atoms with Gasteiger partial charge in [0.2, 0.25) is 5.91 Å². The number of fused-ring (bicyclic) bond motifs is 1. The van der Waals surface area contributed by atoms with Gasteiger partial charge in [0.05, 0.1) is 29.9 Å². The molecule has 0 aromatic rings. The van der Waals surface area contributed by atoms with Crippen LogP contribution in [0.3, 0.4) is 0 Å². The van der Waals surface area contributed by atoms with Crippen molar-refractivity contribution in [3.05, 3.63) is 11.3 Å². The minimum absolute atomic E-state index is 0.105. The normalized spacial score (nSPS) is 35.5. The van der Waals surface area contributed by atoms with Gasteiger partial charge in [-0.25, -0.2) is 4.79 Å². The number of ether oxygens (including phenoxy) is 1. The smallest absolute Gasteiger partial charge is 0.338 e. The first kappa shape index (κ1) is 16.7. The van der Waals surface area contributed by atoms with Crippen molar-refractivity contribution >= 4 is 11.9 Å². The van der Waals surface area contributed by atoms with Gasteiger partial charge in [0, 0.05) is 12.3 Å². The number of aliphatic hydroxyl groups is 3. The summed E-state index contributed by atoms with van der Waals surface area (Å²) in [5.74, 6) is -2.54. The van der Waals surface area contributed by atoms with Crippen molar-refractivity contribution in [2.45, 2.75) is 57.1 Å². The van der Waals surface area contributed by atoms with E-state index in [9.17, 15) is 24.9 Å². The van der Waals surface area contributed by atoms with Crippen LogP contribution in [0.1, 0.15) is 27.2 Å². The van der Waals surface area contributed by atoms with Gasteiger partial charge in [-0.3, -0.25) is 4.79 Å². The lowest BCUT2D eigenvalue weighted by atomic mass is 9.71. The molecule has 0 radical (unpaired) electrons. The lowest BCUT2D eigenvalue weighted by molar-refractivity contribution is -0.173. The highest BCUT2D eigenvalue weighted by Crippen LogP contribution is 2.41. The summed E-state index contributed by atoms with van der Waals surface area (Å²) in [6, 6.07) is -1.62. The van der Waals surface area contributed by atoms with Crippen molar-refractivity contribution in [3.8, 4) is 0 Å². The summed E-state index contributed by atoms with van der Waals surface area (Å²) in [5.41, 5.74) is 4.30. The van der Waals surface area contributed by atoms with Crippen LogP contribution in [0.4, 0.5) is 0 Å². The molecule has 0 saturated carbocycles. The van der Waals surface area contributed by atoms with Crippen molar-refractivity contribution in [2.24, 2.45) is 11.7 Å². The second-order valence-electron chi connectivity index (χ2n) is 6.42. The number of carbonyl (C=O) groups is 2. The fourth-order valence-electron chi connectivity index (χ4n) is 2.99. The molecule has 1 aliphatic carbocycles. The Balaban J connectivity index is 2.46. The third-order valence-electron chi connectivity index (χ3n) is 4.20. The van der Waals surface area contributed by atoms with Gasteiger partial charge in [0.1, 0.15) is 11.4 Å². The van der Waals surface area contributed by atoms with E-state index in [2.05, 4.69) is 5.32 Å². The maximum atomic E-state index is 12.1. The largest absolute Gasteiger partial charge is 0.512 e. The Morgan fingerprint density at radius 1 is 1.45 bits per heavy atom. The third-order valence-corrected chi connectivity index (χ3v) is 4.20. The predicted octanol–water partition coefficient (Wildman–Crippen LogP) is -1.29. The van der Waals surface area contributed by atoms with Crippen LogP contribution in [0.5, 0.6) is 0 Å². The molecule has 2 aliphatic rings. The highest BCUT2D eigenvalue weighted by atomic mass is 16.6. The molecule has 0 aromatic heterocycles. The molecule has 1 heterocycles. The van der Waals surface area contributed by atoms with Crippen LogP contribution in [0, 0.1) is 5.92 Å². The molecular formula is C14H22N2O6. The quantitative estimate of drug-likeness (QED) is 0.399. The first-order valence-electron chi connectivity index (χ1n) is 7.13. The minimum Gasteiger partial charge on any atom is -0.512 e. The molecule has 5 atom stereocenters. The van der Waals surface area contributed by atoms with E-state index in [0.29, 0.717) is 0 Å². The van der Waals surface area contributed by atoms with E-state index in [0.717, 1.165) is 0 Å². The zero-order chi connectivity index (χ0) is 16.8. The zero-order valence-electron chi connectivity index (χ0n) is 12.7. The van der Waals surface area contributed by atoms with Crippen LogP contribution in [0.15, 0.2) is 11.3 Å². The van der Waals surface area contributed by atoms with E-state index in [1.165, 1.54) is 6.92 Å². The highest BCUT2D eigenvalue weighted by molar-refractivity contribution is 5.92. The van der Waals surface area contributed by atoms with Crippen LogP contribution in [0.25, 0.3) is 0 Å². The average molecular weight is 314 g/mol. The molecular weight excluding hydrogens is 292 g/mol. The third kappa shape index (κ3) is 2.69. The Hall–Kier alpha value is -1.64. The van der Waals surface area contributed by atoms with Gasteiger partial charge in [-0.15, -0.1) is 0 Å². The Morgan fingerprint density at radius 2 is 2.05 bits per heavy atom. The molecule has 0 aromatic carbocycles. The van der Waals surface area contributed by atoms with Crippen molar-refractivity contribution in [3.63, 3.8) is 0 Å². The molecule has 22 heavy (non-hydrogen) atoms. The lowest BCUT2D eigenvalue weighted by Crippen LogP contribution is -2.65. The highest BCUT2D eigenvalue weighted by Gasteiger charge is 2.55. The SMILES string of the molecule is CC(N)C(=O)N[C@@H]1[C@H]2C(=C(O)C[C@@H](O)[C@@H]2O)C(=O)OC1(C)C. The molecule has 8 heteroatoms. The van der Waals surface area contributed by atoms with E-state index in [-0.39, 0.29) is 17.8 Å². The van der Waals surface area contributed by atoms with Crippen molar-refractivity contribution in [2.75, 3.05) is 0 Å². The van der Waals surface area contributed by atoms with Gasteiger partial charge in [0.15, 0.2) is 0 Å². The molecule has 1 unspecified atom stereocenters. The standard InChI is InChI=1S/C14H22N2O6/c1-5(15)12(20)16-11-9-8(13(21)22-14(11,2)3)6(17)4-7(18)10(9)19/h5,7,9-11,17-19H,4,15H2,1-3H3,(H,16,20)/t5?,7-,9+,10+,11-/m1/s1. The predicted molar refractivity (Wildman–Crippen MR) is 75.5 cm³/mol. The number of hydrogen-bond acceptors (Lipinski definition) is 7. The summed E-state index contributed by atoms with van der Waals surface area (Å²) >= 11 is 0. The number of nitrogens with two attached hydrogens (primary N) is 1. The molecule has 8 nitrogen and oxygen atoms in total. The average Bonchev–Trinajstić information content (AvgIpc) is 2.37. The number of nitrogens with one attached hydrogen (secondary N) is 1. The number of aliphatic hydroxyl groups excluding tert-OH is 3. The molecule has 0 bridgehead atoms. The summed E-state index contributed by atoms with van der Waals surface area (Å²) in [4.78, 5) is 24.0. The van der Waals surface area contributed by atoms with Gasteiger partial charge < -0.3 is 31.1 Å². The molecule has 2 rings (SSSR count). The minimum atomic E-state index is -1.31. The van der Waals surface area contributed by atoms with Crippen molar-refractivity contribution < 1.29 is 29.6 Å². The van der Waals surface area contributed by atoms with E-state index in [1.807, 2.05) is 0 Å². The van der Waals surface area contributed by atoms with Gasteiger partial charge in [-0.05, 0) is 20.8 Å². The van der Waals surface area contributed by atoms with E-state index in [4.69, 9.17) is 10.5 Å². The maximum Gasteiger partial charge on any atom is 0.338 e. The van der Waals surface area contributed by atoms with E-state index in [1.54, 1.807) is 13.8 Å². The van der Waals surface area contributed by atoms with Crippen LogP contribution in [0.2, 0.25) is 0 Å². The van der Waals surface area contributed by atoms with Gasteiger partial charge >= 0.3 is 5.97 Å². The van der Waals surface area contributed by atoms with E-state index < -0.39 is 47.7 Å². The summed E-state index contributed by atoms with van der Waals surface area (Å²) in [6.07, 6.45) is -2.78. The molecule has 1 saturated heterocycles. The summed E-state index contributed by atoms with van der Waals surface area (Å²) < 4.78 is 5.29. The fraction of sp³-hybridized carbons (Fsp3) is 0.714. The Bertz CT molecular complexity index is 527. The lowest BCUT2D eigenvalue weighted by Gasteiger charge is -2.48. The first-order chi connectivity index (χ1) is 10.1. The second kappa shape index (κ2) is 5.53. The van der Waals surface area contributed by atoms with Crippen LogP contribution in [-0.4, -0.2) is 57.1 Å². The topological polar surface area (TPSA) is 142 Å². The molecule has 1 aliphatic heterocycles. The molecule has 0 spiro atoms. The summed E-state index contributed by atoms with van der Waals surface area (Å²) in [6.45, 7) is 4.66.